The van der Waals surface area contributed by atoms with Crippen molar-refractivity contribution in [3.63, 3.8) is 0 Å². The first-order chi connectivity index (χ1) is 15.5. The number of benzene rings is 1. The molecule has 1 unspecified atom stereocenters. The van der Waals surface area contributed by atoms with Gasteiger partial charge in [-0.15, -0.1) is 0 Å². The summed E-state index contributed by atoms with van der Waals surface area (Å²) < 4.78 is 37.5. The minimum absolute atomic E-state index is 0.122. The van der Waals surface area contributed by atoms with Gasteiger partial charge in [0.25, 0.3) is 0 Å². The monoisotopic (exact) mass is 438 g/mol. The van der Waals surface area contributed by atoms with E-state index in [2.05, 4.69) is 25.2 Å². The van der Waals surface area contributed by atoms with Crippen LogP contribution in [0.5, 0.6) is 0 Å². The van der Waals surface area contributed by atoms with E-state index < -0.39 is 11.6 Å². The number of hydrogen-bond acceptors (Lipinski definition) is 5. The molecule has 0 amide bonds. The Kier molecular flexibility index (Phi) is 5.44. The average molecular weight is 438 g/mol. The molecule has 1 fully saturated rings. The number of aromatic amines is 1. The SMILES string of the molecule is COC1CCCN(Cc2ccc(F)c(-c3cc4c(-c5cnn(C)c5)n[nH]c4cn3)c2F)C1. The Bertz CT molecular complexity index is 1270. The molecular weight excluding hydrogens is 414 g/mol. The van der Waals surface area contributed by atoms with E-state index in [0.717, 1.165) is 36.9 Å². The van der Waals surface area contributed by atoms with Gasteiger partial charge in [-0.05, 0) is 31.5 Å². The zero-order valence-corrected chi connectivity index (χ0v) is 18.0. The molecule has 1 saturated heterocycles. The van der Waals surface area contributed by atoms with E-state index in [1.165, 1.54) is 12.1 Å². The van der Waals surface area contributed by atoms with Gasteiger partial charge in [-0.25, -0.2) is 8.78 Å². The number of rotatable bonds is 5. The number of H-pyrrole nitrogens is 1. The first-order valence-electron chi connectivity index (χ1n) is 10.6. The lowest BCUT2D eigenvalue weighted by Crippen LogP contribution is -2.38. The summed E-state index contributed by atoms with van der Waals surface area (Å²) in [4.78, 5) is 6.46. The van der Waals surface area contributed by atoms with Crippen LogP contribution in [0.3, 0.4) is 0 Å². The van der Waals surface area contributed by atoms with Crippen LogP contribution in [0.15, 0.2) is 36.8 Å². The lowest BCUT2D eigenvalue weighted by Gasteiger charge is -2.32. The summed E-state index contributed by atoms with van der Waals surface area (Å²) in [5.74, 6) is -1.22. The second-order valence-electron chi connectivity index (χ2n) is 8.22. The highest BCUT2D eigenvalue weighted by Gasteiger charge is 2.23. The van der Waals surface area contributed by atoms with E-state index in [0.29, 0.717) is 23.3 Å². The van der Waals surface area contributed by atoms with E-state index in [9.17, 15) is 4.39 Å². The maximum Gasteiger partial charge on any atom is 0.140 e. The van der Waals surface area contributed by atoms with Gasteiger partial charge in [-0.2, -0.15) is 10.2 Å². The van der Waals surface area contributed by atoms with Gasteiger partial charge in [0, 0.05) is 50.0 Å². The van der Waals surface area contributed by atoms with Crippen LogP contribution in [0.2, 0.25) is 0 Å². The topological polar surface area (TPSA) is 71.9 Å². The number of methoxy groups -OCH3 is 1. The highest BCUT2D eigenvalue weighted by atomic mass is 19.1. The molecule has 32 heavy (non-hydrogen) atoms. The van der Waals surface area contributed by atoms with Gasteiger partial charge in [0.05, 0.1) is 35.3 Å². The van der Waals surface area contributed by atoms with Crippen molar-refractivity contribution in [2.75, 3.05) is 20.2 Å². The highest BCUT2D eigenvalue weighted by Crippen LogP contribution is 2.32. The summed E-state index contributed by atoms with van der Waals surface area (Å²) in [6.45, 7) is 1.99. The fraction of sp³-hybridized carbons (Fsp3) is 0.348. The van der Waals surface area contributed by atoms with Crippen molar-refractivity contribution in [2.45, 2.75) is 25.5 Å². The summed E-state index contributed by atoms with van der Waals surface area (Å²) in [6, 6.07) is 4.51. The maximum absolute atomic E-state index is 15.5. The van der Waals surface area contributed by atoms with Crippen LogP contribution in [0.4, 0.5) is 8.78 Å². The fourth-order valence-corrected chi connectivity index (χ4v) is 4.36. The van der Waals surface area contributed by atoms with E-state index >= 15 is 4.39 Å². The Balaban J connectivity index is 1.52. The largest absolute Gasteiger partial charge is 0.380 e. The fourth-order valence-electron chi connectivity index (χ4n) is 4.36. The van der Waals surface area contributed by atoms with Gasteiger partial charge in [0.2, 0.25) is 0 Å². The number of aryl methyl sites for hydroxylation is 1. The summed E-state index contributed by atoms with van der Waals surface area (Å²) in [5.41, 5.74) is 2.71. The molecule has 0 spiro atoms. The third-order valence-electron chi connectivity index (χ3n) is 6.04. The van der Waals surface area contributed by atoms with Crippen LogP contribution in [-0.4, -0.2) is 56.2 Å². The number of nitrogens with zero attached hydrogens (tertiary/aromatic N) is 5. The molecule has 1 N–H and O–H groups in total. The number of aromatic nitrogens is 5. The van der Waals surface area contributed by atoms with Crippen molar-refractivity contribution < 1.29 is 13.5 Å². The molecule has 166 valence electrons. The molecule has 4 heterocycles. The molecule has 0 bridgehead atoms. The molecule has 1 atom stereocenters. The van der Waals surface area contributed by atoms with Gasteiger partial charge in [-0.1, -0.05) is 6.07 Å². The number of piperidine rings is 1. The Morgan fingerprint density at radius 2 is 2.12 bits per heavy atom. The van der Waals surface area contributed by atoms with Gasteiger partial charge < -0.3 is 4.74 Å². The first kappa shape index (κ1) is 20.7. The average Bonchev–Trinajstić information content (AvgIpc) is 3.41. The number of halogens is 2. The molecule has 7 nitrogen and oxygen atoms in total. The lowest BCUT2D eigenvalue weighted by atomic mass is 10.0. The number of hydrogen-bond donors (Lipinski definition) is 1. The highest BCUT2D eigenvalue weighted by molar-refractivity contribution is 5.94. The summed E-state index contributed by atoms with van der Waals surface area (Å²) in [5, 5.41) is 12.2. The predicted molar refractivity (Wildman–Crippen MR) is 117 cm³/mol. The number of nitrogens with one attached hydrogen (secondary N) is 1. The van der Waals surface area contributed by atoms with Crippen LogP contribution in [0.1, 0.15) is 18.4 Å². The zero-order valence-electron chi connectivity index (χ0n) is 18.0. The molecule has 1 aromatic carbocycles. The standard InChI is InChI=1S/C23H24F2N6O/c1-30-11-15(9-27-30)23-17-8-19(26-10-20(17)28-29-23)21-18(24)6-5-14(22(21)25)12-31-7-3-4-16(13-31)32-2/h5-6,8-11,16H,3-4,7,12-13H2,1-2H3,(H,28,29). The van der Waals surface area contributed by atoms with Crippen LogP contribution in [0, 0.1) is 11.6 Å². The Morgan fingerprint density at radius 3 is 2.91 bits per heavy atom. The van der Waals surface area contributed by atoms with E-state index in [1.807, 2.05) is 13.2 Å². The molecule has 5 rings (SSSR count). The summed E-state index contributed by atoms with van der Waals surface area (Å²) in [7, 11) is 3.51. The van der Waals surface area contributed by atoms with Crippen molar-refractivity contribution in [2.24, 2.45) is 7.05 Å². The summed E-state index contributed by atoms with van der Waals surface area (Å²) in [6.07, 6.45) is 7.22. The minimum atomic E-state index is -0.641. The molecule has 9 heteroatoms. The van der Waals surface area contributed by atoms with Gasteiger partial charge in [0.1, 0.15) is 17.3 Å². The molecule has 3 aromatic heterocycles. The number of fused-ring (bicyclic) bond motifs is 1. The molecule has 1 aliphatic rings. The summed E-state index contributed by atoms with van der Waals surface area (Å²) >= 11 is 0. The van der Waals surface area contributed by atoms with Crippen molar-refractivity contribution in [3.05, 3.63) is 54.0 Å². The van der Waals surface area contributed by atoms with E-state index in [1.54, 1.807) is 30.3 Å². The maximum atomic E-state index is 15.5. The Morgan fingerprint density at radius 1 is 1.25 bits per heavy atom. The van der Waals surface area contributed by atoms with E-state index in [4.69, 9.17) is 4.74 Å². The molecule has 4 aromatic rings. The second kappa shape index (κ2) is 8.40. The van der Waals surface area contributed by atoms with Crippen LogP contribution < -0.4 is 0 Å². The molecular formula is C23H24F2N6O. The quantitative estimate of drug-likeness (QED) is 0.512. The normalized spacial score (nSPS) is 17.3. The third-order valence-corrected chi connectivity index (χ3v) is 6.04. The van der Waals surface area contributed by atoms with Gasteiger partial charge >= 0.3 is 0 Å². The second-order valence-corrected chi connectivity index (χ2v) is 8.22. The number of likely N-dealkylation sites (tertiary alicyclic amines) is 1. The van der Waals surface area contributed by atoms with Crippen molar-refractivity contribution >= 4 is 10.9 Å². The Labute approximate surface area is 184 Å². The molecule has 0 aliphatic carbocycles. The first-order valence-corrected chi connectivity index (χ1v) is 10.6. The zero-order chi connectivity index (χ0) is 22.2. The molecule has 1 aliphatic heterocycles. The van der Waals surface area contributed by atoms with Crippen molar-refractivity contribution in [3.8, 4) is 22.5 Å². The molecule has 0 saturated carbocycles. The van der Waals surface area contributed by atoms with Crippen LogP contribution >= 0.6 is 0 Å². The van der Waals surface area contributed by atoms with E-state index in [-0.39, 0.29) is 17.4 Å². The van der Waals surface area contributed by atoms with Crippen molar-refractivity contribution in [1.82, 2.24) is 29.9 Å². The lowest BCUT2D eigenvalue weighted by molar-refractivity contribution is 0.0282. The Hall–Kier alpha value is -3.17. The third kappa shape index (κ3) is 3.78. The smallest absolute Gasteiger partial charge is 0.140 e. The molecule has 0 radical (unpaired) electrons. The van der Waals surface area contributed by atoms with Crippen LogP contribution in [0.25, 0.3) is 33.4 Å². The number of ether oxygens (including phenoxy) is 1. The van der Waals surface area contributed by atoms with Gasteiger partial charge in [-0.3, -0.25) is 19.7 Å². The predicted octanol–water partition coefficient (Wildman–Crippen LogP) is 3.91. The number of pyridine rings is 1. The van der Waals surface area contributed by atoms with Gasteiger partial charge in [0.15, 0.2) is 0 Å². The minimum Gasteiger partial charge on any atom is -0.380 e. The van der Waals surface area contributed by atoms with Crippen LogP contribution in [-0.2, 0) is 18.3 Å². The van der Waals surface area contributed by atoms with Crippen molar-refractivity contribution in [1.29, 1.82) is 0 Å².